The number of para-hydroxylation sites is 2. The Bertz CT molecular complexity index is 2060. The monoisotopic (exact) mass is 445 g/mol. The highest BCUT2D eigenvalue weighted by Crippen LogP contribution is 2.50. The molecule has 0 bridgehead atoms. The summed E-state index contributed by atoms with van der Waals surface area (Å²) in [5.41, 5.74) is 15.4. The van der Waals surface area contributed by atoms with Crippen molar-refractivity contribution in [3.8, 4) is 22.3 Å². The minimum Gasteiger partial charge on any atom is -0.276 e. The fourth-order valence-corrected chi connectivity index (χ4v) is 6.68. The number of imidazole rings is 1. The molecule has 2 aliphatic carbocycles. The molecule has 7 aromatic rings. The van der Waals surface area contributed by atoms with E-state index in [4.69, 9.17) is 9.97 Å². The molecule has 0 radical (unpaired) electrons. The van der Waals surface area contributed by atoms with Gasteiger partial charge in [-0.05, 0) is 87.7 Å². The summed E-state index contributed by atoms with van der Waals surface area (Å²) in [5.74, 6) is 0. The van der Waals surface area contributed by atoms with Crippen molar-refractivity contribution in [1.82, 2.24) is 14.4 Å². The Balaban J connectivity index is 1.42. The maximum Gasteiger partial charge on any atom is 0.147 e. The number of benzene rings is 4. The first kappa shape index (κ1) is 17.9. The Morgan fingerprint density at radius 3 is 2.43 bits per heavy atom. The summed E-state index contributed by atoms with van der Waals surface area (Å²) in [6.07, 6.45) is 3.87. The lowest BCUT2D eigenvalue weighted by atomic mass is 9.95. The second-order valence-electron chi connectivity index (χ2n) is 9.78. The maximum absolute atomic E-state index is 5.08. The van der Waals surface area contributed by atoms with Crippen LogP contribution in [0.4, 0.5) is 0 Å². The number of hydrogen-bond donors (Lipinski definition) is 0. The summed E-state index contributed by atoms with van der Waals surface area (Å²) in [6.45, 7) is 0. The van der Waals surface area contributed by atoms with E-state index in [1.807, 2.05) is 6.20 Å². The number of aromatic nitrogens is 3. The minimum atomic E-state index is 0.944. The molecule has 3 aromatic heterocycles. The highest BCUT2D eigenvalue weighted by Gasteiger charge is 2.30. The average molecular weight is 446 g/mol. The fraction of sp³-hybridized carbons (Fsp3) is 0.0625. The number of rotatable bonds is 0. The van der Waals surface area contributed by atoms with Gasteiger partial charge in [-0.3, -0.25) is 4.40 Å². The molecule has 0 N–H and O–H groups in total. The average Bonchev–Trinajstić information content (AvgIpc) is 3.59. The number of pyridine rings is 2. The molecule has 0 aliphatic heterocycles. The van der Waals surface area contributed by atoms with E-state index in [-0.39, 0.29) is 0 Å². The quantitative estimate of drug-likeness (QED) is 0.229. The summed E-state index contributed by atoms with van der Waals surface area (Å²) >= 11 is 0. The smallest absolute Gasteiger partial charge is 0.147 e. The van der Waals surface area contributed by atoms with Gasteiger partial charge < -0.3 is 0 Å². The molecule has 3 heterocycles. The van der Waals surface area contributed by atoms with Gasteiger partial charge in [0.15, 0.2) is 0 Å². The highest BCUT2D eigenvalue weighted by molar-refractivity contribution is 6.16. The van der Waals surface area contributed by atoms with Crippen molar-refractivity contribution in [2.24, 2.45) is 0 Å². The zero-order chi connectivity index (χ0) is 22.7. The van der Waals surface area contributed by atoms with Gasteiger partial charge >= 0.3 is 0 Å². The van der Waals surface area contributed by atoms with Gasteiger partial charge in [0.2, 0.25) is 0 Å². The van der Waals surface area contributed by atoms with Gasteiger partial charge in [-0.25, -0.2) is 9.97 Å². The van der Waals surface area contributed by atoms with E-state index < -0.39 is 0 Å². The van der Waals surface area contributed by atoms with Crippen molar-refractivity contribution >= 4 is 38.5 Å². The fourth-order valence-electron chi connectivity index (χ4n) is 6.68. The Kier molecular flexibility index (Phi) is 3.14. The van der Waals surface area contributed by atoms with Gasteiger partial charge in [-0.2, -0.15) is 0 Å². The SMILES string of the molecule is c1ccc2c(c1)Cc1ccc3c(c1-2)Cc1c-3ccc2c1c1cccnc1n1c3ccccc3nc21. The largest absolute Gasteiger partial charge is 0.276 e. The zero-order valence-corrected chi connectivity index (χ0v) is 18.9. The predicted octanol–water partition coefficient (Wildman–Crippen LogP) is 7.33. The highest BCUT2D eigenvalue weighted by atomic mass is 15.1. The van der Waals surface area contributed by atoms with Gasteiger partial charge in [-0.1, -0.05) is 54.6 Å². The molecule has 162 valence electrons. The van der Waals surface area contributed by atoms with Crippen molar-refractivity contribution in [3.63, 3.8) is 0 Å². The van der Waals surface area contributed by atoms with E-state index in [1.54, 1.807) is 0 Å². The number of hydrogen-bond acceptors (Lipinski definition) is 2. The van der Waals surface area contributed by atoms with Gasteiger partial charge in [0.25, 0.3) is 0 Å². The standard InChI is InChI=1S/C32H19N3/c1-2-7-20-18(6-1)16-19-11-12-21-22-13-14-24-30(26(22)17-25(21)29(19)20)23-8-5-15-33-31(23)35-28-10-4-3-9-27(28)34-32(24)35/h1-15H,16-17H2. The van der Waals surface area contributed by atoms with Crippen molar-refractivity contribution < 1.29 is 0 Å². The van der Waals surface area contributed by atoms with Gasteiger partial charge in [0.05, 0.1) is 11.0 Å². The molecule has 3 nitrogen and oxygen atoms in total. The van der Waals surface area contributed by atoms with Crippen LogP contribution in [-0.4, -0.2) is 14.4 Å². The van der Waals surface area contributed by atoms with Crippen LogP contribution in [0.1, 0.15) is 22.3 Å². The summed E-state index contributed by atoms with van der Waals surface area (Å²) in [4.78, 5) is 9.95. The van der Waals surface area contributed by atoms with Crippen molar-refractivity contribution in [1.29, 1.82) is 0 Å². The molecule has 0 unspecified atom stereocenters. The van der Waals surface area contributed by atoms with Crippen LogP contribution in [0.2, 0.25) is 0 Å². The van der Waals surface area contributed by atoms with Crippen LogP contribution < -0.4 is 0 Å². The lowest BCUT2D eigenvalue weighted by Gasteiger charge is -2.12. The van der Waals surface area contributed by atoms with Crippen molar-refractivity contribution in [2.45, 2.75) is 12.8 Å². The van der Waals surface area contributed by atoms with Crippen LogP contribution in [-0.2, 0) is 12.8 Å². The Morgan fingerprint density at radius 2 is 1.43 bits per heavy atom. The van der Waals surface area contributed by atoms with Crippen LogP contribution in [0.15, 0.2) is 91.1 Å². The van der Waals surface area contributed by atoms with Gasteiger partial charge in [0.1, 0.15) is 11.3 Å². The molecule has 0 saturated heterocycles. The maximum atomic E-state index is 5.08. The van der Waals surface area contributed by atoms with Crippen LogP contribution in [0, 0.1) is 0 Å². The number of nitrogens with zero attached hydrogens (tertiary/aromatic N) is 3. The Labute approximate surface area is 201 Å². The first-order valence-corrected chi connectivity index (χ1v) is 12.2. The van der Waals surface area contributed by atoms with E-state index in [0.717, 1.165) is 35.2 Å². The lowest BCUT2D eigenvalue weighted by molar-refractivity contribution is 1.22. The van der Waals surface area contributed by atoms with E-state index in [2.05, 4.69) is 89.3 Å². The summed E-state index contributed by atoms with van der Waals surface area (Å²) in [5, 5.41) is 3.69. The van der Waals surface area contributed by atoms with Crippen LogP contribution in [0.25, 0.3) is 60.7 Å². The third-order valence-corrected chi connectivity index (χ3v) is 8.09. The Morgan fingerprint density at radius 1 is 0.600 bits per heavy atom. The summed E-state index contributed by atoms with van der Waals surface area (Å²) in [6, 6.07) is 30.8. The minimum absolute atomic E-state index is 0.944. The molecular formula is C32H19N3. The molecule has 35 heavy (non-hydrogen) atoms. The molecule has 3 heteroatoms. The molecule has 4 aromatic carbocycles. The first-order chi connectivity index (χ1) is 17.4. The molecular weight excluding hydrogens is 426 g/mol. The molecule has 0 saturated carbocycles. The van der Waals surface area contributed by atoms with Crippen molar-refractivity contribution in [3.05, 3.63) is 113 Å². The Hall–Kier alpha value is -4.50. The molecule has 0 fully saturated rings. The summed E-state index contributed by atoms with van der Waals surface area (Å²) in [7, 11) is 0. The predicted molar refractivity (Wildman–Crippen MR) is 142 cm³/mol. The normalized spacial score (nSPS) is 13.5. The second-order valence-corrected chi connectivity index (χ2v) is 9.78. The molecule has 0 atom stereocenters. The van der Waals surface area contributed by atoms with Crippen LogP contribution >= 0.6 is 0 Å². The molecule has 0 spiro atoms. The molecule has 9 rings (SSSR count). The van der Waals surface area contributed by atoms with E-state index in [9.17, 15) is 0 Å². The zero-order valence-electron chi connectivity index (χ0n) is 18.9. The van der Waals surface area contributed by atoms with E-state index in [1.165, 1.54) is 60.7 Å². The second kappa shape index (κ2) is 6.13. The first-order valence-electron chi connectivity index (χ1n) is 12.2. The number of fused-ring (bicyclic) bond motifs is 16. The lowest BCUT2D eigenvalue weighted by Crippen LogP contribution is -1.96. The van der Waals surface area contributed by atoms with E-state index in [0.29, 0.717) is 0 Å². The topological polar surface area (TPSA) is 30.2 Å². The van der Waals surface area contributed by atoms with Crippen LogP contribution in [0.5, 0.6) is 0 Å². The van der Waals surface area contributed by atoms with Crippen molar-refractivity contribution in [2.75, 3.05) is 0 Å². The van der Waals surface area contributed by atoms with Gasteiger partial charge in [0, 0.05) is 22.4 Å². The summed E-state index contributed by atoms with van der Waals surface area (Å²) < 4.78 is 2.23. The van der Waals surface area contributed by atoms with Gasteiger partial charge in [-0.15, -0.1) is 0 Å². The molecule has 0 amide bonds. The van der Waals surface area contributed by atoms with E-state index >= 15 is 0 Å². The van der Waals surface area contributed by atoms with Crippen LogP contribution in [0.3, 0.4) is 0 Å². The third-order valence-electron chi connectivity index (χ3n) is 8.09. The molecule has 2 aliphatic rings. The third kappa shape index (κ3) is 2.12.